The second kappa shape index (κ2) is 6.13. The molecular weight excluding hydrogens is 312 g/mol. The lowest BCUT2D eigenvalue weighted by Gasteiger charge is -2.03. The van der Waals surface area contributed by atoms with Crippen LogP contribution >= 0.6 is 0 Å². The van der Waals surface area contributed by atoms with Crippen LogP contribution in [0.4, 0.5) is 0 Å². The van der Waals surface area contributed by atoms with Gasteiger partial charge in [-0.25, -0.2) is 0 Å². The van der Waals surface area contributed by atoms with Gasteiger partial charge in [0.15, 0.2) is 5.76 Å². The zero-order valence-corrected chi connectivity index (χ0v) is 13.4. The Bertz CT molecular complexity index is 1050. The van der Waals surface area contributed by atoms with Crippen LogP contribution in [-0.4, -0.2) is 11.0 Å². The molecule has 1 aromatic heterocycles. The summed E-state index contributed by atoms with van der Waals surface area (Å²) in [6, 6.07) is 24.0. The molecule has 0 aliphatic rings. The Kier molecular flexibility index (Phi) is 3.67. The summed E-state index contributed by atoms with van der Waals surface area (Å²) in [6.45, 7) is 0. The summed E-state index contributed by atoms with van der Waals surface area (Å²) in [5.74, 6) is 6.24. The molecule has 4 N–H and O–H groups in total. The van der Waals surface area contributed by atoms with Crippen LogP contribution in [0.5, 0.6) is 0 Å². The molecule has 0 atom stereocenters. The van der Waals surface area contributed by atoms with E-state index in [1.54, 1.807) is 0 Å². The van der Waals surface area contributed by atoms with Crippen molar-refractivity contribution in [2.24, 2.45) is 16.7 Å². The molecule has 5 heteroatoms. The van der Waals surface area contributed by atoms with E-state index in [9.17, 15) is 0 Å². The molecule has 1 heterocycles. The van der Waals surface area contributed by atoms with E-state index in [0.717, 1.165) is 27.6 Å². The molecule has 0 saturated heterocycles. The van der Waals surface area contributed by atoms with Crippen LogP contribution in [-0.2, 0) is 0 Å². The van der Waals surface area contributed by atoms with Gasteiger partial charge in [-0.2, -0.15) is 5.10 Å². The van der Waals surface area contributed by atoms with Gasteiger partial charge in [0.25, 0.3) is 0 Å². The monoisotopic (exact) mass is 328 g/mol. The molecule has 0 fully saturated rings. The quantitative estimate of drug-likeness (QED) is 0.259. The van der Waals surface area contributed by atoms with Crippen LogP contribution in [0, 0.1) is 0 Å². The zero-order chi connectivity index (χ0) is 17.2. The minimum Gasteiger partial charge on any atom is -0.382 e. The summed E-state index contributed by atoms with van der Waals surface area (Å²) in [4.78, 5) is 0. The smallest absolute Gasteiger partial charge is 0.174 e. The lowest BCUT2D eigenvalue weighted by Crippen LogP contribution is -2.15. The van der Waals surface area contributed by atoms with Crippen LogP contribution in [0.3, 0.4) is 0 Å². The molecule has 0 bridgehead atoms. The number of hydrogen-bond donors (Lipinski definition) is 2. The number of aromatic nitrogens is 1. The van der Waals surface area contributed by atoms with Crippen molar-refractivity contribution in [2.45, 2.75) is 0 Å². The third kappa shape index (κ3) is 2.72. The number of fused-ring (bicyclic) bond motifs is 1. The minimum atomic E-state index is 0.272. The number of amidine groups is 1. The minimum absolute atomic E-state index is 0.272. The Labute approximate surface area is 144 Å². The highest BCUT2D eigenvalue weighted by molar-refractivity contribution is 6.02. The normalized spacial score (nSPS) is 11.8. The Morgan fingerprint density at radius 3 is 2.24 bits per heavy atom. The molecule has 0 radical (unpaired) electrons. The molecule has 0 saturated carbocycles. The molecule has 0 aliphatic heterocycles. The van der Waals surface area contributed by atoms with Crippen molar-refractivity contribution < 1.29 is 4.52 Å². The molecule has 0 spiro atoms. The molecule has 122 valence electrons. The summed E-state index contributed by atoms with van der Waals surface area (Å²) in [6.07, 6.45) is 0. The third-order valence-electron chi connectivity index (χ3n) is 4.17. The van der Waals surface area contributed by atoms with Crippen molar-refractivity contribution in [3.63, 3.8) is 0 Å². The van der Waals surface area contributed by atoms with Crippen molar-refractivity contribution in [1.82, 2.24) is 5.16 Å². The molecule has 0 unspecified atom stereocenters. The van der Waals surface area contributed by atoms with Gasteiger partial charge in [0.05, 0.1) is 5.39 Å². The standard InChI is InChI=1S/C20H16N4O/c21-20(23-22)16-10-11-18-17(12-16)19(25-24-18)15-8-6-14(7-9-15)13-4-2-1-3-5-13/h1-12H,22H2,(H2,21,23). The maximum absolute atomic E-state index is 5.80. The van der Waals surface area contributed by atoms with E-state index in [2.05, 4.69) is 34.5 Å². The predicted octanol–water partition coefficient (Wildman–Crippen LogP) is 3.74. The Balaban J connectivity index is 1.77. The number of hydrazone groups is 1. The Morgan fingerprint density at radius 2 is 1.52 bits per heavy atom. The van der Waals surface area contributed by atoms with Crippen LogP contribution in [0.25, 0.3) is 33.4 Å². The summed E-state index contributed by atoms with van der Waals surface area (Å²) in [5.41, 5.74) is 10.6. The van der Waals surface area contributed by atoms with Crippen molar-refractivity contribution >= 4 is 16.7 Å². The van der Waals surface area contributed by atoms with Gasteiger partial charge >= 0.3 is 0 Å². The zero-order valence-electron chi connectivity index (χ0n) is 13.4. The molecule has 25 heavy (non-hydrogen) atoms. The van der Waals surface area contributed by atoms with E-state index in [4.69, 9.17) is 16.1 Å². The summed E-state index contributed by atoms with van der Waals surface area (Å²) >= 11 is 0. The Morgan fingerprint density at radius 1 is 0.840 bits per heavy atom. The molecule has 0 aliphatic carbocycles. The first-order valence-corrected chi connectivity index (χ1v) is 7.85. The molecule has 4 rings (SSSR count). The highest BCUT2D eigenvalue weighted by Crippen LogP contribution is 2.31. The van der Waals surface area contributed by atoms with E-state index in [1.807, 2.05) is 48.5 Å². The first kappa shape index (κ1) is 15.0. The van der Waals surface area contributed by atoms with Gasteiger partial charge < -0.3 is 16.1 Å². The van der Waals surface area contributed by atoms with Crippen LogP contribution < -0.4 is 11.6 Å². The first-order valence-electron chi connectivity index (χ1n) is 7.85. The highest BCUT2D eigenvalue weighted by atomic mass is 16.5. The van der Waals surface area contributed by atoms with Crippen LogP contribution in [0.1, 0.15) is 5.56 Å². The van der Waals surface area contributed by atoms with Crippen LogP contribution in [0.2, 0.25) is 0 Å². The summed E-state index contributed by atoms with van der Waals surface area (Å²) in [5, 5.41) is 8.53. The summed E-state index contributed by atoms with van der Waals surface area (Å²) in [7, 11) is 0. The van der Waals surface area contributed by atoms with Gasteiger partial charge in [0, 0.05) is 11.1 Å². The third-order valence-corrected chi connectivity index (χ3v) is 4.17. The lowest BCUT2D eigenvalue weighted by molar-refractivity contribution is 0.441. The maximum Gasteiger partial charge on any atom is 0.174 e. The molecule has 4 aromatic rings. The van der Waals surface area contributed by atoms with E-state index >= 15 is 0 Å². The molecular formula is C20H16N4O. The van der Waals surface area contributed by atoms with Crippen molar-refractivity contribution in [3.8, 4) is 22.5 Å². The van der Waals surface area contributed by atoms with Crippen molar-refractivity contribution in [2.75, 3.05) is 0 Å². The van der Waals surface area contributed by atoms with E-state index < -0.39 is 0 Å². The average Bonchev–Trinajstić information content (AvgIpc) is 3.11. The fourth-order valence-electron chi connectivity index (χ4n) is 2.83. The fourth-order valence-corrected chi connectivity index (χ4v) is 2.83. The van der Waals surface area contributed by atoms with Gasteiger partial charge in [-0.1, -0.05) is 59.8 Å². The van der Waals surface area contributed by atoms with Gasteiger partial charge in [-0.05, 0) is 29.3 Å². The Hall–Kier alpha value is -3.60. The van der Waals surface area contributed by atoms with Gasteiger partial charge in [-0.3, -0.25) is 0 Å². The fraction of sp³-hybridized carbons (Fsp3) is 0. The summed E-state index contributed by atoms with van der Waals surface area (Å²) < 4.78 is 5.55. The predicted molar refractivity (Wildman–Crippen MR) is 99.8 cm³/mol. The van der Waals surface area contributed by atoms with Gasteiger partial charge in [0.1, 0.15) is 11.4 Å². The second-order valence-electron chi connectivity index (χ2n) is 5.70. The van der Waals surface area contributed by atoms with Crippen molar-refractivity contribution in [3.05, 3.63) is 78.4 Å². The molecule has 3 aromatic carbocycles. The van der Waals surface area contributed by atoms with Gasteiger partial charge in [0.2, 0.25) is 0 Å². The SMILES string of the molecule is N/N=C(\N)c1ccc2noc(-c3ccc(-c4ccccc4)cc3)c2c1. The first-order chi connectivity index (χ1) is 12.3. The van der Waals surface area contributed by atoms with Crippen molar-refractivity contribution in [1.29, 1.82) is 0 Å². The number of nitrogens with zero attached hydrogens (tertiary/aromatic N) is 2. The number of benzene rings is 3. The maximum atomic E-state index is 5.80. The number of rotatable bonds is 3. The molecule has 5 nitrogen and oxygen atoms in total. The number of hydrogen-bond acceptors (Lipinski definition) is 4. The average molecular weight is 328 g/mol. The lowest BCUT2D eigenvalue weighted by atomic mass is 10.0. The largest absolute Gasteiger partial charge is 0.382 e. The topological polar surface area (TPSA) is 90.4 Å². The highest BCUT2D eigenvalue weighted by Gasteiger charge is 2.12. The molecule has 0 amide bonds. The van der Waals surface area contributed by atoms with E-state index in [0.29, 0.717) is 5.76 Å². The van der Waals surface area contributed by atoms with E-state index in [-0.39, 0.29) is 5.84 Å². The second-order valence-corrected chi connectivity index (χ2v) is 5.70. The van der Waals surface area contributed by atoms with E-state index in [1.165, 1.54) is 5.56 Å². The number of nitrogens with two attached hydrogens (primary N) is 2. The van der Waals surface area contributed by atoms with Gasteiger partial charge in [-0.15, -0.1) is 0 Å². The van der Waals surface area contributed by atoms with Crippen LogP contribution in [0.15, 0.2) is 82.4 Å².